The fourth-order valence-electron chi connectivity index (χ4n) is 2.86. The van der Waals surface area contributed by atoms with Gasteiger partial charge in [-0.05, 0) is 52.7 Å². The van der Waals surface area contributed by atoms with Crippen molar-refractivity contribution in [2.24, 2.45) is 0 Å². The summed E-state index contributed by atoms with van der Waals surface area (Å²) in [6, 6.07) is 0. The van der Waals surface area contributed by atoms with Crippen LogP contribution in [0.2, 0.25) is 0 Å². The Balaban J connectivity index is 2.18. The van der Waals surface area contributed by atoms with Crippen molar-refractivity contribution in [2.45, 2.75) is 69.5 Å². The first kappa shape index (κ1) is 15.5. The van der Waals surface area contributed by atoms with Gasteiger partial charge in [0.15, 0.2) is 0 Å². The van der Waals surface area contributed by atoms with Gasteiger partial charge in [0.25, 0.3) is 0 Å². The second-order valence-corrected chi connectivity index (χ2v) is 6.84. The maximum Gasteiger partial charge on any atom is 0.0653 e. The van der Waals surface area contributed by atoms with Gasteiger partial charge < -0.3 is 0 Å². The number of fused-ring (bicyclic) bond motifs is 1. The summed E-state index contributed by atoms with van der Waals surface area (Å²) in [6.07, 6.45) is 15.6. The monoisotopic (exact) mass is 387 g/mol. The minimum absolute atomic E-state index is 0.834. The summed E-state index contributed by atoms with van der Waals surface area (Å²) in [5, 5.41) is 0.834. The van der Waals surface area contributed by atoms with Gasteiger partial charge in [0.05, 0.1) is 5.69 Å². The Morgan fingerprint density at radius 3 is 2.11 bits per heavy atom. The first-order valence-corrected chi connectivity index (χ1v) is 9.45. The van der Waals surface area contributed by atoms with Gasteiger partial charge in [-0.2, -0.15) is 0 Å². The molecule has 0 aromatic carbocycles. The molecule has 1 aromatic rings. The molecule has 0 radical (unpaired) electrons. The van der Waals surface area contributed by atoms with Crippen molar-refractivity contribution in [3.63, 3.8) is 0 Å². The molecule has 0 amide bonds. The van der Waals surface area contributed by atoms with Crippen molar-refractivity contribution in [1.29, 1.82) is 0 Å². The third kappa shape index (κ3) is 4.56. The number of rotatable bonds is 1. The van der Waals surface area contributed by atoms with Crippen LogP contribution in [0.25, 0.3) is 0 Å². The lowest BCUT2D eigenvalue weighted by atomic mass is 9.96. The molecule has 0 atom stereocenters. The van der Waals surface area contributed by atoms with Crippen LogP contribution in [0.3, 0.4) is 0 Å². The van der Waals surface area contributed by atoms with Gasteiger partial charge in [0.2, 0.25) is 0 Å². The van der Waals surface area contributed by atoms with Crippen molar-refractivity contribution < 1.29 is 0 Å². The fourth-order valence-corrected chi connectivity index (χ4v) is 4.36. The first-order chi connectivity index (χ1) is 9.33. The SMILES string of the molecule is BrCc1ncc2c(c1Br)CCCCCCCCCC2. The Bertz CT molecular complexity index is 404. The average molecular weight is 389 g/mol. The summed E-state index contributed by atoms with van der Waals surface area (Å²) in [4.78, 5) is 4.58. The minimum Gasteiger partial charge on any atom is -0.259 e. The zero-order valence-corrected chi connectivity index (χ0v) is 14.7. The molecule has 1 aliphatic rings. The molecule has 1 aromatic heterocycles. The lowest BCUT2D eigenvalue weighted by Gasteiger charge is -2.15. The highest BCUT2D eigenvalue weighted by atomic mass is 79.9. The summed E-state index contributed by atoms with van der Waals surface area (Å²) >= 11 is 7.30. The highest BCUT2D eigenvalue weighted by Gasteiger charge is 2.12. The van der Waals surface area contributed by atoms with Crippen LogP contribution in [0.1, 0.15) is 68.2 Å². The van der Waals surface area contributed by atoms with E-state index >= 15 is 0 Å². The van der Waals surface area contributed by atoms with Crippen molar-refractivity contribution in [3.8, 4) is 0 Å². The van der Waals surface area contributed by atoms with Crippen LogP contribution in [-0.2, 0) is 18.2 Å². The average Bonchev–Trinajstić information content (AvgIpc) is 2.41. The number of hydrogen-bond acceptors (Lipinski definition) is 1. The summed E-state index contributed by atoms with van der Waals surface area (Å²) in [5.74, 6) is 0. The van der Waals surface area contributed by atoms with E-state index in [1.54, 1.807) is 0 Å². The standard InChI is InChI=1S/C16H23Br2N/c17-11-15-16(18)14-10-8-6-4-2-1-3-5-7-9-13(14)12-19-15/h12H,1-11H2. The number of hydrogen-bond donors (Lipinski definition) is 0. The molecule has 106 valence electrons. The number of aromatic nitrogens is 1. The molecule has 1 heterocycles. The molecule has 0 bridgehead atoms. The Labute approximate surface area is 133 Å². The molecule has 0 saturated heterocycles. The van der Waals surface area contributed by atoms with Gasteiger partial charge in [-0.15, -0.1) is 0 Å². The molecule has 3 heteroatoms. The molecular weight excluding hydrogens is 366 g/mol. The van der Waals surface area contributed by atoms with Crippen molar-refractivity contribution in [3.05, 3.63) is 27.5 Å². The van der Waals surface area contributed by atoms with Gasteiger partial charge in [0, 0.05) is 16.0 Å². The smallest absolute Gasteiger partial charge is 0.0653 e. The molecular formula is C16H23Br2N. The largest absolute Gasteiger partial charge is 0.259 e. The Morgan fingerprint density at radius 1 is 0.895 bits per heavy atom. The Morgan fingerprint density at radius 2 is 1.47 bits per heavy atom. The maximum atomic E-state index is 4.58. The Kier molecular flexibility index (Phi) is 6.86. The van der Waals surface area contributed by atoms with E-state index in [4.69, 9.17) is 0 Å². The zero-order valence-electron chi connectivity index (χ0n) is 11.6. The summed E-state index contributed by atoms with van der Waals surface area (Å²) < 4.78 is 1.25. The van der Waals surface area contributed by atoms with E-state index in [1.165, 1.54) is 79.8 Å². The number of nitrogens with zero attached hydrogens (tertiary/aromatic N) is 1. The Hall–Kier alpha value is 0.110. The van der Waals surface area contributed by atoms with Crippen LogP contribution in [0.4, 0.5) is 0 Å². The van der Waals surface area contributed by atoms with Crippen LogP contribution in [0.15, 0.2) is 10.7 Å². The van der Waals surface area contributed by atoms with E-state index < -0.39 is 0 Å². The number of alkyl halides is 1. The highest BCUT2D eigenvalue weighted by molar-refractivity contribution is 9.10. The van der Waals surface area contributed by atoms with E-state index in [1.807, 2.05) is 0 Å². The normalized spacial score (nSPS) is 18.2. The second kappa shape index (κ2) is 8.41. The molecule has 0 saturated carbocycles. The first-order valence-electron chi connectivity index (χ1n) is 7.54. The minimum atomic E-state index is 0.834. The number of halogens is 2. The van der Waals surface area contributed by atoms with Crippen molar-refractivity contribution in [2.75, 3.05) is 0 Å². The van der Waals surface area contributed by atoms with E-state index in [-0.39, 0.29) is 0 Å². The molecule has 1 aliphatic carbocycles. The molecule has 2 rings (SSSR count). The molecule has 0 N–H and O–H groups in total. The highest BCUT2D eigenvalue weighted by Crippen LogP contribution is 2.28. The predicted octanol–water partition coefficient (Wildman–Crippen LogP) is 5.96. The topological polar surface area (TPSA) is 12.9 Å². The lowest BCUT2D eigenvalue weighted by molar-refractivity contribution is 0.558. The van der Waals surface area contributed by atoms with Gasteiger partial charge in [-0.25, -0.2) is 0 Å². The van der Waals surface area contributed by atoms with Crippen LogP contribution in [0, 0.1) is 0 Å². The van der Waals surface area contributed by atoms with E-state index in [9.17, 15) is 0 Å². The molecule has 0 spiro atoms. The van der Waals surface area contributed by atoms with E-state index in [0.717, 1.165) is 11.0 Å². The molecule has 0 unspecified atom stereocenters. The van der Waals surface area contributed by atoms with Crippen molar-refractivity contribution in [1.82, 2.24) is 4.98 Å². The molecule has 0 aliphatic heterocycles. The molecule has 0 fully saturated rings. The third-order valence-corrected chi connectivity index (χ3v) is 5.50. The molecule has 1 nitrogen and oxygen atoms in total. The van der Waals surface area contributed by atoms with E-state index in [0.29, 0.717) is 0 Å². The van der Waals surface area contributed by atoms with Crippen LogP contribution in [-0.4, -0.2) is 4.98 Å². The predicted molar refractivity (Wildman–Crippen MR) is 88.9 cm³/mol. The summed E-state index contributed by atoms with van der Waals surface area (Å²) in [6.45, 7) is 0. The maximum absolute atomic E-state index is 4.58. The quantitative estimate of drug-likeness (QED) is 0.541. The zero-order chi connectivity index (χ0) is 13.5. The van der Waals surface area contributed by atoms with Gasteiger partial charge in [0.1, 0.15) is 0 Å². The fraction of sp³-hybridized carbons (Fsp3) is 0.688. The van der Waals surface area contributed by atoms with Gasteiger partial charge >= 0.3 is 0 Å². The van der Waals surface area contributed by atoms with Crippen LogP contribution < -0.4 is 0 Å². The summed E-state index contributed by atoms with van der Waals surface area (Å²) in [5.41, 5.74) is 4.13. The van der Waals surface area contributed by atoms with Crippen LogP contribution >= 0.6 is 31.9 Å². The van der Waals surface area contributed by atoms with Gasteiger partial charge in [-0.3, -0.25) is 4.98 Å². The second-order valence-electron chi connectivity index (χ2n) is 5.48. The lowest BCUT2D eigenvalue weighted by Crippen LogP contribution is -2.02. The van der Waals surface area contributed by atoms with Crippen LogP contribution in [0.5, 0.6) is 0 Å². The van der Waals surface area contributed by atoms with Gasteiger partial charge in [-0.1, -0.05) is 54.5 Å². The molecule has 19 heavy (non-hydrogen) atoms. The number of aryl methyl sites for hydroxylation is 1. The number of pyridine rings is 1. The van der Waals surface area contributed by atoms with E-state index in [2.05, 4.69) is 43.0 Å². The third-order valence-electron chi connectivity index (χ3n) is 4.03. The summed E-state index contributed by atoms with van der Waals surface area (Å²) in [7, 11) is 0. The van der Waals surface area contributed by atoms with Crippen molar-refractivity contribution >= 4 is 31.9 Å².